The lowest BCUT2D eigenvalue weighted by Gasteiger charge is -2.38. The molecule has 0 radical (unpaired) electrons. The average molecular weight is 318 g/mol. The van der Waals surface area contributed by atoms with Gasteiger partial charge in [-0.25, -0.2) is 9.78 Å². The summed E-state index contributed by atoms with van der Waals surface area (Å²) in [4.78, 5) is 27.9. The van der Waals surface area contributed by atoms with E-state index in [0.29, 0.717) is 24.3 Å². The lowest BCUT2D eigenvalue weighted by molar-refractivity contribution is -0.148. The molecule has 1 aromatic rings. The van der Waals surface area contributed by atoms with Crippen LogP contribution in [0.2, 0.25) is 0 Å². The molecule has 0 spiro atoms. The Hall–Kier alpha value is -2.11. The summed E-state index contributed by atoms with van der Waals surface area (Å²) < 4.78 is 5.86. The first-order valence-electron chi connectivity index (χ1n) is 8.28. The van der Waals surface area contributed by atoms with E-state index in [1.807, 2.05) is 0 Å². The topological polar surface area (TPSA) is 88.5 Å². The zero-order valence-corrected chi connectivity index (χ0v) is 13.1. The second-order valence-corrected chi connectivity index (χ2v) is 6.46. The van der Waals surface area contributed by atoms with Crippen LogP contribution in [0.3, 0.4) is 0 Å². The molecule has 1 heterocycles. The van der Waals surface area contributed by atoms with E-state index in [4.69, 9.17) is 4.74 Å². The van der Waals surface area contributed by atoms with Gasteiger partial charge in [0.1, 0.15) is 11.6 Å². The number of pyridine rings is 1. The number of carbonyl (C=O) groups excluding carboxylic acids is 1. The molecule has 2 aliphatic rings. The maximum atomic E-state index is 12.3. The zero-order chi connectivity index (χ0) is 16.3. The number of ether oxygens (including phenoxy) is 1. The smallest absolute Gasteiger partial charge is 0.329 e. The number of carboxylic acids is 1. The first-order chi connectivity index (χ1) is 11.1. The van der Waals surface area contributed by atoms with E-state index >= 15 is 0 Å². The van der Waals surface area contributed by atoms with Gasteiger partial charge in [-0.3, -0.25) is 4.79 Å². The van der Waals surface area contributed by atoms with Crippen LogP contribution >= 0.6 is 0 Å². The molecule has 124 valence electrons. The molecular formula is C17H22N2O4. The van der Waals surface area contributed by atoms with Crippen LogP contribution in [0.4, 0.5) is 0 Å². The number of nitrogens with one attached hydrogen (secondary N) is 1. The molecule has 0 saturated heterocycles. The summed E-state index contributed by atoms with van der Waals surface area (Å²) in [6.07, 6.45) is 9.05. The van der Waals surface area contributed by atoms with Crippen LogP contribution in [-0.4, -0.2) is 33.6 Å². The lowest BCUT2D eigenvalue weighted by Crippen LogP contribution is -2.59. The minimum atomic E-state index is -1.11. The second-order valence-electron chi connectivity index (χ2n) is 6.46. The highest BCUT2D eigenvalue weighted by Gasteiger charge is 2.45. The van der Waals surface area contributed by atoms with Gasteiger partial charge in [0.25, 0.3) is 5.91 Å². The summed E-state index contributed by atoms with van der Waals surface area (Å²) in [6.45, 7) is 0. The van der Waals surface area contributed by atoms with Crippen molar-refractivity contribution in [2.45, 2.75) is 63.0 Å². The molecule has 0 atom stereocenters. The van der Waals surface area contributed by atoms with Crippen LogP contribution in [0.25, 0.3) is 0 Å². The van der Waals surface area contributed by atoms with Crippen molar-refractivity contribution in [3.8, 4) is 5.88 Å². The van der Waals surface area contributed by atoms with Gasteiger partial charge in [-0.15, -0.1) is 0 Å². The van der Waals surface area contributed by atoms with Crippen molar-refractivity contribution in [1.82, 2.24) is 10.3 Å². The van der Waals surface area contributed by atoms with Gasteiger partial charge < -0.3 is 15.2 Å². The van der Waals surface area contributed by atoms with Gasteiger partial charge in [0.2, 0.25) is 5.88 Å². The fraction of sp³-hybridized carbons (Fsp3) is 0.588. The fourth-order valence-electron chi connectivity index (χ4n) is 3.18. The maximum Gasteiger partial charge on any atom is 0.329 e. The fourth-order valence-corrected chi connectivity index (χ4v) is 3.18. The van der Waals surface area contributed by atoms with E-state index < -0.39 is 11.5 Å². The number of aliphatic carboxylic acids is 1. The minimum absolute atomic E-state index is 0.159. The van der Waals surface area contributed by atoms with Crippen LogP contribution in [0.1, 0.15) is 61.7 Å². The Balaban J connectivity index is 1.66. The molecule has 0 unspecified atom stereocenters. The molecule has 6 nitrogen and oxygen atoms in total. The third-order valence-corrected chi connectivity index (χ3v) is 4.81. The Kier molecular flexibility index (Phi) is 4.50. The van der Waals surface area contributed by atoms with Crippen LogP contribution in [0.15, 0.2) is 18.3 Å². The van der Waals surface area contributed by atoms with Crippen molar-refractivity contribution >= 4 is 11.9 Å². The Morgan fingerprint density at radius 2 is 1.96 bits per heavy atom. The Bertz CT molecular complexity index is 592. The normalized spacial score (nSPS) is 20.3. The molecule has 2 N–H and O–H groups in total. The molecule has 3 rings (SSSR count). The third kappa shape index (κ3) is 3.46. The van der Waals surface area contributed by atoms with Crippen molar-refractivity contribution in [3.05, 3.63) is 23.9 Å². The number of aromatic nitrogens is 1. The Morgan fingerprint density at radius 1 is 1.22 bits per heavy atom. The number of carbonyl (C=O) groups is 2. The molecular weight excluding hydrogens is 296 g/mol. The van der Waals surface area contributed by atoms with E-state index in [1.165, 1.54) is 12.6 Å². The molecule has 0 aromatic carbocycles. The highest BCUT2D eigenvalue weighted by molar-refractivity contribution is 5.98. The highest BCUT2D eigenvalue weighted by atomic mass is 16.5. The van der Waals surface area contributed by atoms with E-state index in [9.17, 15) is 14.7 Å². The van der Waals surface area contributed by atoms with E-state index in [-0.39, 0.29) is 12.0 Å². The first kappa shape index (κ1) is 15.8. The summed E-state index contributed by atoms with van der Waals surface area (Å²) in [5, 5.41) is 12.0. The van der Waals surface area contributed by atoms with Crippen LogP contribution < -0.4 is 10.1 Å². The molecule has 1 amide bonds. The summed E-state index contributed by atoms with van der Waals surface area (Å²) >= 11 is 0. The number of hydrogen-bond acceptors (Lipinski definition) is 4. The standard InChI is InChI=1S/C17H22N2O4/c20-15(19-17(16(21)22)8-4-9-17)12-7-10-18-14(11-12)23-13-5-2-1-3-6-13/h7,10-11,13H,1-6,8-9H2,(H,19,20)(H,21,22). The number of amides is 1. The molecule has 1 aromatic heterocycles. The van der Waals surface area contributed by atoms with Gasteiger partial charge in [-0.1, -0.05) is 6.42 Å². The molecule has 0 aliphatic heterocycles. The maximum absolute atomic E-state index is 12.3. The zero-order valence-electron chi connectivity index (χ0n) is 13.1. The quantitative estimate of drug-likeness (QED) is 0.871. The summed E-state index contributed by atoms with van der Waals surface area (Å²) in [5.74, 6) is -0.921. The predicted octanol–water partition coefficient (Wildman–Crippen LogP) is 2.53. The predicted molar refractivity (Wildman–Crippen MR) is 83.4 cm³/mol. The van der Waals surface area contributed by atoms with Crippen molar-refractivity contribution in [2.75, 3.05) is 0 Å². The number of nitrogens with zero attached hydrogens (tertiary/aromatic N) is 1. The number of rotatable bonds is 5. The molecule has 23 heavy (non-hydrogen) atoms. The van der Waals surface area contributed by atoms with E-state index in [1.54, 1.807) is 12.1 Å². The molecule has 6 heteroatoms. The third-order valence-electron chi connectivity index (χ3n) is 4.81. The van der Waals surface area contributed by atoms with Gasteiger partial charge in [-0.2, -0.15) is 0 Å². The monoisotopic (exact) mass is 318 g/mol. The van der Waals surface area contributed by atoms with Gasteiger partial charge in [-0.05, 0) is 51.0 Å². The van der Waals surface area contributed by atoms with Gasteiger partial charge in [0, 0.05) is 17.8 Å². The van der Waals surface area contributed by atoms with Crippen LogP contribution in [0, 0.1) is 0 Å². The molecule has 2 fully saturated rings. The second kappa shape index (κ2) is 6.56. The van der Waals surface area contributed by atoms with Crippen molar-refractivity contribution < 1.29 is 19.4 Å². The number of carboxylic acid groups (broad SMARTS) is 1. The summed E-state index contributed by atoms with van der Waals surface area (Å²) in [6, 6.07) is 3.18. The summed E-state index contributed by atoms with van der Waals surface area (Å²) in [5.41, 5.74) is -0.719. The average Bonchev–Trinajstić information content (AvgIpc) is 2.51. The first-order valence-corrected chi connectivity index (χ1v) is 8.28. The largest absolute Gasteiger partial charge is 0.480 e. The SMILES string of the molecule is O=C(NC1(C(=O)O)CCC1)c1ccnc(OC2CCCCC2)c1. The van der Waals surface area contributed by atoms with Crippen molar-refractivity contribution in [3.63, 3.8) is 0 Å². The highest BCUT2D eigenvalue weighted by Crippen LogP contribution is 2.32. The van der Waals surface area contributed by atoms with Crippen LogP contribution in [0.5, 0.6) is 5.88 Å². The number of hydrogen-bond donors (Lipinski definition) is 2. The van der Waals surface area contributed by atoms with Crippen molar-refractivity contribution in [2.24, 2.45) is 0 Å². The van der Waals surface area contributed by atoms with Crippen molar-refractivity contribution in [1.29, 1.82) is 0 Å². The van der Waals surface area contributed by atoms with Gasteiger partial charge in [0.15, 0.2) is 0 Å². The minimum Gasteiger partial charge on any atom is -0.480 e. The Morgan fingerprint density at radius 3 is 2.57 bits per heavy atom. The van der Waals surface area contributed by atoms with E-state index in [0.717, 1.165) is 32.1 Å². The summed E-state index contributed by atoms with van der Waals surface area (Å²) in [7, 11) is 0. The molecule has 2 aliphatic carbocycles. The van der Waals surface area contributed by atoms with E-state index in [2.05, 4.69) is 10.3 Å². The van der Waals surface area contributed by atoms with Crippen LogP contribution in [-0.2, 0) is 4.79 Å². The van der Waals surface area contributed by atoms with Gasteiger partial charge in [0.05, 0.1) is 0 Å². The molecule has 0 bridgehead atoms. The Labute approximate surface area is 135 Å². The lowest BCUT2D eigenvalue weighted by atomic mass is 9.76. The molecule has 2 saturated carbocycles. The van der Waals surface area contributed by atoms with Gasteiger partial charge >= 0.3 is 5.97 Å².